The van der Waals surface area contributed by atoms with Crippen molar-refractivity contribution in [3.63, 3.8) is 0 Å². The van der Waals surface area contributed by atoms with Crippen molar-refractivity contribution in [1.82, 2.24) is 0 Å². The van der Waals surface area contributed by atoms with Crippen LogP contribution in [0.15, 0.2) is 72.8 Å². The fourth-order valence-electron chi connectivity index (χ4n) is 5.79. The highest BCUT2D eigenvalue weighted by atomic mass is 16.5. The zero-order valence-corrected chi connectivity index (χ0v) is 26.5. The SMILES string of the molecule is CCc1c(COCc2ccc(C=O)cc2)c(CC)c(COCc2ccc(C=O)cc2)c(CC)c1COCc1ccc(C=O)cc1. The molecular formula is C39H42O6. The van der Waals surface area contributed by atoms with Gasteiger partial charge in [0.15, 0.2) is 0 Å². The highest BCUT2D eigenvalue weighted by molar-refractivity contribution is 5.75. The van der Waals surface area contributed by atoms with Gasteiger partial charge in [-0.3, -0.25) is 14.4 Å². The maximum atomic E-state index is 11.1. The lowest BCUT2D eigenvalue weighted by Crippen LogP contribution is -2.15. The van der Waals surface area contributed by atoms with Crippen molar-refractivity contribution in [1.29, 1.82) is 0 Å². The zero-order valence-electron chi connectivity index (χ0n) is 26.5. The summed E-state index contributed by atoms with van der Waals surface area (Å²) in [4.78, 5) is 33.2. The van der Waals surface area contributed by atoms with Crippen LogP contribution in [0.5, 0.6) is 0 Å². The molecule has 0 aliphatic rings. The Morgan fingerprint density at radius 1 is 0.378 bits per heavy atom. The van der Waals surface area contributed by atoms with Gasteiger partial charge in [-0.15, -0.1) is 0 Å². The van der Waals surface area contributed by atoms with E-state index in [-0.39, 0.29) is 0 Å². The first-order chi connectivity index (χ1) is 22.0. The quantitative estimate of drug-likeness (QED) is 0.107. The van der Waals surface area contributed by atoms with Crippen LogP contribution in [0.1, 0.15) is 102 Å². The van der Waals surface area contributed by atoms with E-state index < -0.39 is 0 Å². The van der Waals surface area contributed by atoms with E-state index in [2.05, 4.69) is 20.8 Å². The molecule has 0 spiro atoms. The molecule has 0 aliphatic heterocycles. The number of carbonyl (C=O) groups excluding carboxylic acids is 3. The van der Waals surface area contributed by atoms with Crippen LogP contribution >= 0.6 is 0 Å². The lowest BCUT2D eigenvalue weighted by atomic mass is 9.84. The molecule has 0 bridgehead atoms. The smallest absolute Gasteiger partial charge is 0.150 e. The van der Waals surface area contributed by atoms with Crippen LogP contribution in [-0.2, 0) is 73.1 Å². The van der Waals surface area contributed by atoms with E-state index in [9.17, 15) is 14.4 Å². The van der Waals surface area contributed by atoms with Gasteiger partial charge in [-0.05, 0) is 69.3 Å². The molecule has 45 heavy (non-hydrogen) atoms. The van der Waals surface area contributed by atoms with E-state index >= 15 is 0 Å². The third kappa shape index (κ3) is 8.92. The molecule has 0 amide bonds. The van der Waals surface area contributed by atoms with Crippen LogP contribution in [0.4, 0.5) is 0 Å². The van der Waals surface area contributed by atoms with Crippen molar-refractivity contribution >= 4 is 18.9 Å². The lowest BCUT2D eigenvalue weighted by Gasteiger charge is -2.26. The van der Waals surface area contributed by atoms with Gasteiger partial charge in [-0.1, -0.05) is 93.6 Å². The van der Waals surface area contributed by atoms with E-state index in [1.54, 1.807) is 36.4 Å². The Bertz CT molecular complexity index is 1340. The van der Waals surface area contributed by atoms with Crippen molar-refractivity contribution < 1.29 is 28.6 Å². The van der Waals surface area contributed by atoms with E-state index in [1.807, 2.05) is 36.4 Å². The molecule has 4 aromatic carbocycles. The summed E-state index contributed by atoms with van der Waals surface area (Å²) in [5, 5.41) is 0. The molecule has 0 saturated carbocycles. The summed E-state index contributed by atoms with van der Waals surface area (Å²) in [5.74, 6) is 0. The monoisotopic (exact) mass is 606 g/mol. The summed E-state index contributed by atoms with van der Waals surface area (Å²) in [6, 6.07) is 22.4. The number of carbonyl (C=O) groups is 3. The van der Waals surface area contributed by atoms with Crippen molar-refractivity contribution in [3.05, 3.63) is 140 Å². The zero-order chi connectivity index (χ0) is 32.0. The molecule has 234 valence electrons. The molecule has 0 aliphatic carbocycles. The largest absolute Gasteiger partial charge is 0.372 e. The fourth-order valence-corrected chi connectivity index (χ4v) is 5.79. The standard InChI is InChI=1S/C39H42O6/c1-4-34-37(25-43-22-31-13-7-28(19-40)8-14-31)35(5-2)39(27-45-24-33-17-11-30(21-42)12-18-33)36(6-3)38(34)26-44-23-32-15-9-29(20-41)10-16-32/h7-21H,4-6,22-27H2,1-3H3. The third-order valence-electron chi connectivity index (χ3n) is 8.14. The first-order valence-electron chi connectivity index (χ1n) is 15.6. The van der Waals surface area contributed by atoms with E-state index in [0.29, 0.717) is 56.3 Å². The molecule has 0 N–H and O–H groups in total. The minimum absolute atomic E-state index is 0.437. The Hall–Kier alpha value is -4.23. The highest BCUT2D eigenvalue weighted by Crippen LogP contribution is 2.33. The summed E-state index contributed by atoms with van der Waals surface area (Å²) in [5.41, 5.74) is 12.3. The molecule has 0 saturated heterocycles. The molecule has 4 aromatic rings. The summed E-state index contributed by atoms with van der Waals surface area (Å²) in [7, 11) is 0. The van der Waals surface area contributed by atoms with Crippen LogP contribution in [0, 0.1) is 0 Å². The van der Waals surface area contributed by atoms with Gasteiger partial charge in [-0.2, -0.15) is 0 Å². The molecule has 6 heteroatoms. The lowest BCUT2D eigenvalue weighted by molar-refractivity contribution is 0.0968. The number of aldehydes is 3. The Labute approximate surface area is 266 Å². The van der Waals surface area contributed by atoms with Crippen molar-refractivity contribution in [2.45, 2.75) is 79.7 Å². The number of ether oxygens (including phenoxy) is 3. The van der Waals surface area contributed by atoms with Crippen LogP contribution in [0.25, 0.3) is 0 Å². The maximum absolute atomic E-state index is 11.1. The number of rotatable bonds is 18. The molecule has 4 rings (SSSR count). The topological polar surface area (TPSA) is 78.9 Å². The normalized spacial score (nSPS) is 11.0. The van der Waals surface area contributed by atoms with Crippen molar-refractivity contribution in [3.8, 4) is 0 Å². The Morgan fingerprint density at radius 3 is 0.822 bits per heavy atom. The van der Waals surface area contributed by atoms with E-state index in [1.165, 1.54) is 33.4 Å². The minimum Gasteiger partial charge on any atom is -0.372 e. The van der Waals surface area contributed by atoms with Gasteiger partial charge >= 0.3 is 0 Å². The molecule has 0 radical (unpaired) electrons. The minimum atomic E-state index is 0.437. The van der Waals surface area contributed by atoms with E-state index in [4.69, 9.17) is 14.2 Å². The van der Waals surface area contributed by atoms with Gasteiger partial charge < -0.3 is 14.2 Å². The second kappa shape index (κ2) is 17.3. The Kier molecular flexibility index (Phi) is 12.9. The number of hydrogen-bond acceptors (Lipinski definition) is 6. The van der Waals surface area contributed by atoms with Gasteiger partial charge in [0.05, 0.1) is 39.6 Å². The second-order valence-corrected chi connectivity index (χ2v) is 11.0. The molecule has 0 unspecified atom stereocenters. The van der Waals surface area contributed by atoms with Gasteiger partial charge in [0.25, 0.3) is 0 Å². The highest BCUT2D eigenvalue weighted by Gasteiger charge is 2.22. The van der Waals surface area contributed by atoms with Gasteiger partial charge in [0, 0.05) is 16.7 Å². The number of benzene rings is 4. The summed E-state index contributed by atoms with van der Waals surface area (Å²) in [6.07, 6.45) is 5.04. The Balaban J connectivity index is 1.62. The van der Waals surface area contributed by atoms with Crippen LogP contribution in [0.2, 0.25) is 0 Å². The molecule has 0 fully saturated rings. The fraction of sp³-hybridized carbons (Fsp3) is 0.308. The Morgan fingerprint density at radius 2 is 0.622 bits per heavy atom. The van der Waals surface area contributed by atoms with Crippen LogP contribution < -0.4 is 0 Å². The predicted octanol–water partition coefficient (Wildman–Crippen LogP) is 7.96. The molecule has 0 aromatic heterocycles. The van der Waals surface area contributed by atoms with Crippen molar-refractivity contribution in [2.75, 3.05) is 0 Å². The van der Waals surface area contributed by atoms with E-state index in [0.717, 1.165) is 54.8 Å². The van der Waals surface area contributed by atoms with Crippen LogP contribution in [0.3, 0.4) is 0 Å². The van der Waals surface area contributed by atoms with Gasteiger partial charge in [0.2, 0.25) is 0 Å². The second-order valence-electron chi connectivity index (χ2n) is 11.0. The average molecular weight is 607 g/mol. The van der Waals surface area contributed by atoms with Crippen molar-refractivity contribution in [2.24, 2.45) is 0 Å². The first-order valence-corrected chi connectivity index (χ1v) is 15.6. The third-order valence-corrected chi connectivity index (χ3v) is 8.14. The molecule has 0 heterocycles. The average Bonchev–Trinajstić information content (AvgIpc) is 3.09. The first kappa shape index (κ1) is 33.7. The summed E-state index contributed by atoms with van der Waals surface area (Å²) >= 11 is 0. The van der Waals surface area contributed by atoms with Gasteiger partial charge in [0.1, 0.15) is 18.9 Å². The molecule has 6 nitrogen and oxygen atoms in total. The maximum Gasteiger partial charge on any atom is 0.150 e. The molecular weight excluding hydrogens is 564 g/mol. The summed E-state index contributed by atoms with van der Waals surface area (Å²) < 4.78 is 18.9. The molecule has 0 atom stereocenters. The summed E-state index contributed by atoms with van der Waals surface area (Å²) in [6.45, 7) is 9.19. The van der Waals surface area contributed by atoms with Crippen LogP contribution in [-0.4, -0.2) is 18.9 Å². The predicted molar refractivity (Wildman–Crippen MR) is 176 cm³/mol. The number of hydrogen-bond donors (Lipinski definition) is 0. The van der Waals surface area contributed by atoms with Gasteiger partial charge in [-0.25, -0.2) is 0 Å².